The molecule has 0 heterocycles. The molecule has 3 unspecified atom stereocenters. The van der Waals surface area contributed by atoms with E-state index in [9.17, 15) is 24.0 Å². The molecular weight excluding hydrogens is 416 g/mol. The first kappa shape index (κ1) is 28.2. The second-order valence-corrected chi connectivity index (χ2v) is 6.64. The van der Waals surface area contributed by atoms with Crippen molar-refractivity contribution in [3.8, 4) is 0 Å². The third-order valence-corrected chi connectivity index (χ3v) is 4.11. The van der Waals surface area contributed by atoms with E-state index in [1.165, 1.54) is 20.9 Å². The summed E-state index contributed by atoms with van der Waals surface area (Å²) >= 11 is 0. The number of ether oxygens (including phenoxy) is 3. The minimum Gasteiger partial charge on any atom is -0.480 e. The SMILES string of the molecule is COCCOCCOCC(=O)NC(C)C(=O)N(C)C(C)C(=O)NC(CC(N)=O)C(=O)O. The number of hydrogen-bond acceptors (Lipinski definition) is 8. The lowest BCUT2D eigenvalue weighted by Crippen LogP contribution is -2.55. The summed E-state index contributed by atoms with van der Waals surface area (Å²) < 4.78 is 15.1. The fourth-order valence-corrected chi connectivity index (χ4v) is 2.24. The predicted molar refractivity (Wildman–Crippen MR) is 107 cm³/mol. The highest BCUT2D eigenvalue weighted by Crippen LogP contribution is 2.02. The van der Waals surface area contributed by atoms with Crippen LogP contribution in [0.4, 0.5) is 0 Å². The summed E-state index contributed by atoms with van der Waals surface area (Å²) in [5.74, 6) is -4.24. The normalized spacial score (nSPS) is 13.5. The molecule has 0 aliphatic carbocycles. The monoisotopic (exact) mass is 448 g/mol. The van der Waals surface area contributed by atoms with Crippen LogP contribution < -0.4 is 16.4 Å². The third-order valence-electron chi connectivity index (χ3n) is 4.11. The molecule has 0 rings (SSSR count). The van der Waals surface area contributed by atoms with Crippen LogP contribution in [0.3, 0.4) is 0 Å². The number of carboxylic acid groups (broad SMARTS) is 1. The van der Waals surface area contributed by atoms with Crippen LogP contribution in [-0.4, -0.2) is 105 Å². The summed E-state index contributed by atoms with van der Waals surface area (Å²) in [5, 5.41) is 13.7. The average Bonchev–Trinajstić information content (AvgIpc) is 2.70. The number of amides is 4. The first-order chi connectivity index (χ1) is 14.5. The summed E-state index contributed by atoms with van der Waals surface area (Å²) in [4.78, 5) is 59.7. The fourth-order valence-electron chi connectivity index (χ4n) is 2.24. The Kier molecular flexibility index (Phi) is 13.7. The molecule has 13 nitrogen and oxygen atoms in total. The Bertz CT molecular complexity index is 629. The summed E-state index contributed by atoms with van der Waals surface area (Å²) in [6.45, 7) is 3.86. The van der Waals surface area contributed by atoms with Crippen molar-refractivity contribution in [3.05, 3.63) is 0 Å². The van der Waals surface area contributed by atoms with Crippen LogP contribution in [0, 0.1) is 0 Å². The summed E-state index contributed by atoms with van der Waals surface area (Å²) in [5.41, 5.74) is 4.97. The van der Waals surface area contributed by atoms with Gasteiger partial charge in [0.15, 0.2) is 0 Å². The number of carbonyl (C=O) groups is 5. The number of nitrogens with one attached hydrogen (secondary N) is 2. The summed E-state index contributed by atoms with van der Waals surface area (Å²) in [7, 11) is 2.88. The molecule has 0 spiro atoms. The second kappa shape index (κ2) is 15.1. The van der Waals surface area contributed by atoms with E-state index in [0.717, 1.165) is 4.90 Å². The zero-order valence-electron chi connectivity index (χ0n) is 18.2. The van der Waals surface area contributed by atoms with Crippen molar-refractivity contribution >= 4 is 29.6 Å². The van der Waals surface area contributed by atoms with Gasteiger partial charge in [-0.15, -0.1) is 0 Å². The van der Waals surface area contributed by atoms with E-state index < -0.39 is 54.1 Å². The van der Waals surface area contributed by atoms with Crippen molar-refractivity contribution in [1.29, 1.82) is 0 Å². The van der Waals surface area contributed by atoms with Gasteiger partial charge in [0.05, 0.1) is 32.8 Å². The molecule has 3 atom stereocenters. The predicted octanol–water partition coefficient (Wildman–Crippen LogP) is -2.54. The van der Waals surface area contributed by atoms with Crippen LogP contribution in [0.5, 0.6) is 0 Å². The smallest absolute Gasteiger partial charge is 0.326 e. The van der Waals surface area contributed by atoms with E-state index in [1.54, 1.807) is 7.11 Å². The van der Waals surface area contributed by atoms with E-state index in [0.29, 0.717) is 13.2 Å². The molecule has 178 valence electrons. The van der Waals surface area contributed by atoms with Gasteiger partial charge in [-0.2, -0.15) is 0 Å². The first-order valence-corrected chi connectivity index (χ1v) is 9.53. The molecule has 0 aromatic carbocycles. The molecule has 0 fully saturated rings. The van der Waals surface area contributed by atoms with Gasteiger partial charge in [-0.1, -0.05) is 0 Å². The number of hydrogen-bond donors (Lipinski definition) is 4. The van der Waals surface area contributed by atoms with Gasteiger partial charge in [0.25, 0.3) is 0 Å². The molecule has 0 saturated carbocycles. The Balaban J connectivity index is 4.49. The van der Waals surface area contributed by atoms with Crippen molar-refractivity contribution in [2.45, 2.75) is 38.4 Å². The van der Waals surface area contributed by atoms with E-state index in [1.807, 2.05) is 0 Å². The molecule has 0 aromatic rings. The molecule has 0 saturated heterocycles. The molecule has 0 bridgehead atoms. The Labute approximate surface area is 180 Å². The van der Waals surface area contributed by atoms with Crippen molar-refractivity contribution in [2.24, 2.45) is 5.73 Å². The molecular formula is C18H32N4O9. The van der Waals surface area contributed by atoms with Crippen LogP contribution in [0.1, 0.15) is 20.3 Å². The van der Waals surface area contributed by atoms with E-state index in [2.05, 4.69) is 10.6 Å². The van der Waals surface area contributed by atoms with Crippen LogP contribution in [0.2, 0.25) is 0 Å². The number of primary amides is 1. The van der Waals surface area contributed by atoms with E-state index in [-0.39, 0.29) is 19.8 Å². The van der Waals surface area contributed by atoms with Crippen LogP contribution in [0.15, 0.2) is 0 Å². The number of nitrogens with zero attached hydrogens (tertiary/aromatic N) is 1. The van der Waals surface area contributed by atoms with Crippen molar-refractivity contribution in [3.63, 3.8) is 0 Å². The van der Waals surface area contributed by atoms with Gasteiger partial charge in [0, 0.05) is 14.2 Å². The Morgan fingerprint density at radius 3 is 2.13 bits per heavy atom. The molecule has 4 amide bonds. The van der Waals surface area contributed by atoms with Crippen LogP contribution in [-0.2, 0) is 38.2 Å². The average molecular weight is 448 g/mol. The number of nitrogens with two attached hydrogens (primary N) is 1. The van der Waals surface area contributed by atoms with Gasteiger partial charge in [0.1, 0.15) is 24.7 Å². The fraction of sp³-hybridized carbons (Fsp3) is 0.722. The zero-order valence-corrected chi connectivity index (χ0v) is 18.2. The summed E-state index contributed by atoms with van der Waals surface area (Å²) in [6, 6.07) is -3.54. The lowest BCUT2D eigenvalue weighted by molar-refractivity contribution is -0.145. The Hall–Kier alpha value is -2.77. The number of methoxy groups -OCH3 is 1. The van der Waals surface area contributed by atoms with Gasteiger partial charge in [-0.05, 0) is 13.8 Å². The number of carbonyl (C=O) groups excluding carboxylic acids is 4. The van der Waals surface area contributed by atoms with E-state index >= 15 is 0 Å². The second-order valence-electron chi connectivity index (χ2n) is 6.64. The topological polar surface area (TPSA) is 187 Å². The Morgan fingerprint density at radius 2 is 1.58 bits per heavy atom. The van der Waals surface area contributed by atoms with Gasteiger partial charge < -0.3 is 40.6 Å². The molecule has 0 aliphatic heterocycles. The lowest BCUT2D eigenvalue weighted by atomic mass is 10.1. The number of carboxylic acids is 1. The van der Waals surface area contributed by atoms with Gasteiger partial charge >= 0.3 is 5.97 Å². The first-order valence-electron chi connectivity index (χ1n) is 9.53. The largest absolute Gasteiger partial charge is 0.480 e. The zero-order chi connectivity index (χ0) is 24.0. The van der Waals surface area contributed by atoms with Gasteiger partial charge in [0.2, 0.25) is 23.6 Å². The summed E-state index contributed by atoms with van der Waals surface area (Å²) in [6.07, 6.45) is -0.588. The minimum absolute atomic E-state index is 0.187. The minimum atomic E-state index is -1.51. The molecule has 13 heteroatoms. The molecule has 0 radical (unpaired) electrons. The highest BCUT2D eigenvalue weighted by molar-refractivity contribution is 5.94. The molecule has 0 aliphatic rings. The molecule has 0 aromatic heterocycles. The van der Waals surface area contributed by atoms with Crippen LogP contribution in [0.25, 0.3) is 0 Å². The standard InChI is InChI=1S/C18H32N4O9/c1-11(20-15(24)10-31-8-7-30-6-5-29-4)17(26)22(3)12(2)16(25)21-13(18(27)28)9-14(19)23/h11-13H,5-10H2,1-4H3,(H2,19,23)(H,20,24)(H,21,25)(H,27,28). The van der Waals surface area contributed by atoms with Crippen molar-refractivity contribution in [1.82, 2.24) is 15.5 Å². The molecule has 5 N–H and O–H groups in total. The Morgan fingerprint density at radius 1 is 1.00 bits per heavy atom. The number of aliphatic carboxylic acids is 1. The third kappa shape index (κ3) is 11.9. The highest BCUT2D eigenvalue weighted by atomic mass is 16.5. The maximum atomic E-state index is 12.5. The number of likely N-dealkylation sites (N-methyl/N-ethyl adjacent to an activating group) is 1. The molecule has 31 heavy (non-hydrogen) atoms. The van der Waals surface area contributed by atoms with Crippen molar-refractivity contribution in [2.75, 3.05) is 47.2 Å². The van der Waals surface area contributed by atoms with Crippen molar-refractivity contribution < 1.29 is 43.3 Å². The van der Waals surface area contributed by atoms with Gasteiger partial charge in [-0.25, -0.2) is 4.79 Å². The quantitative estimate of drug-likeness (QED) is 0.185. The number of rotatable bonds is 16. The maximum Gasteiger partial charge on any atom is 0.326 e. The highest BCUT2D eigenvalue weighted by Gasteiger charge is 2.30. The van der Waals surface area contributed by atoms with E-state index in [4.69, 9.17) is 25.1 Å². The van der Waals surface area contributed by atoms with Crippen LogP contribution >= 0.6 is 0 Å². The maximum absolute atomic E-state index is 12.5. The lowest BCUT2D eigenvalue weighted by Gasteiger charge is -2.28. The van der Waals surface area contributed by atoms with Gasteiger partial charge in [-0.3, -0.25) is 19.2 Å².